The number of thioether (sulfide) groups is 1. The minimum Gasteiger partial charge on any atom is -0.494 e. The van der Waals surface area contributed by atoms with E-state index in [0.29, 0.717) is 34.3 Å². The topological polar surface area (TPSA) is 66.8 Å². The number of rotatable bonds is 8. The molecule has 152 valence electrons. The number of aliphatic hydroxyl groups is 1. The van der Waals surface area contributed by atoms with Crippen LogP contribution in [0.3, 0.4) is 0 Å². The zero-order chi connectivity index (χ0) is 21.0. The van der Waals surface area contributed by atoms with Crippen LogP contribution in [-0.4, -0.2) is 35.9 Å². The summed E-state index contributed by atoms with van der Waals surface area (Å²) in [5, 5.41) is 9.26. The molecule has 0 unspecified atom stereocenters. The van der Waals surface area contributed by atoms with Crippen LogP contribution in [-0.2, 0) is 9.59 Å². The Labute approximate surface area is 175 Å². The molecule has 0 atom stereocenters. The standard InChI is InChI=1S/C23H25NO4S/c1-4-11-28-18-7-5-6-17(14-18)24-22(26)20(21(23(24)27)29-12-10-25)19-9-8-15(2)13-16(19)3/h5-9,13-14,25H,4,10-12H2,1-3H3. The Kier molecular flexibility index (Phi) is 6.77. The molecule has 5 nitrogen and oxygen atoms in total. The van der Waals surface area contributed by atoms with E-state index in [0.717, 1.165) is 23.1 Å². The molecule has 0 saturated heterocycles. The molecule has 2 aromatic carbocycles. The van der Waals surface area contributed by atoms with E-state index in [2.05, 4.69) is 0 Å². The van der Waals surface area contributed by atoms with Crippen LogP contribution in [0, 0.1) is 13.8 Å². The third-order valence-electron chi connectivity index (χ3n) is 4.58. The number of ether oxygens (including phenoxy) is 1. The van der Waals surface area contributed by atoms with Crippen LogP contribution >= 0.6 is 11.8 Å². The summed E-state index contributed by atoms with van der Waals surface area (Å²) in [6.07, 6.45) is 0.867. The van der Waals surface area contributed by atoms with Crippen LogP contribution in [0.25, 0.3) is 5.57 Å². The number of hydrogen-bond acceptors (Lipinski definition) is 5. The summed E-state index contributed by atoms with van der Waals surface area (Å²) in [5.41, 5.74) is 3.65. The van der Waals surface area contributed by atoms with Crippen molar-refractivity contribution in [2.45, 2.75) is 27.2 Å². The molecule has 2 aromatic rings. The van der Waals surface area contributed by atoms with E-state index in [1.54, 1.807) is 18.2 Å². The molecule has 1 aliphatic rings. The Morgan fingerprint density at radius 2 is 1.86 bits per heavy atom. The van der Waals surface area contributed by atoms with Crippen molar-refractivity contribution in [3.63, 3.8) is 0 Å². The summed E-state index contributed by atoms with van der Waals surface area (Å²) >= 11 is 1.21. The Hall–Kier alpha value is -2.57. The molecule has 0 aromatic heterocycles. The number of amides is 2. The number of benzene rings is 2. The normalized spacial score (nSPS) is 14.1. The van der Waals surface area contributed by atoms with Gasteiger partial charge in [0, 0.05) is 11.8 Å². The van der Waals surface area contributed by atoms with Gasteiger partial charge in [-0.05, 0) is 43.5 Å². The van der Waals surface area contributed by atoms with E-state index in [-0.39, 0.29) is 18.4 Å². The van der Waals surface area contributed by atoms with E-state index in [9.17, 15) is 14.7 Å². The van der Waals surface area contributed by atoms with E-state index in [1.807, 2.05) is 45.0 Å². The minimum absolute atomic E-state index is 0.0733. The van der Waals surface area contributed by atoms with Crippen LogP contribution in [0.1, 0.15) is 30.0 Å². The highest BCUT2D eigenvalue weighted by atomic mass is 32.2. The predicted octanol–water partition coefficient (Wildman–Crippen LogP) is 4.10. The maximum atomic E-state index is 13.4. The summed E-state index contributed by atoms with van der Waals surface area (Å²) < 4.78 is 5.66. The molecule has 0 bridgehead atoms. The molecule has 29 heavy (non-hydrogen) atoms. The molecule has 0 spiro atoms. The highest BCUT2D eigenvalue weighted by molar-refractivity contribution is 8.04. The van der Waals surface area contributed by atoms with Crippen LogP contribution in [0.4, 0.5) is 5.69 Å². The van der Waals surface area contributed by atoms with E-state index in [1.165, 1.54) is 16.7 Å². The van der Waals surface area contributed by atoms with Gasteiger partial charge in [0.1, 0.15) is 5.75 Å². The average molecular weight is 412 g/mol. The highest BCUT2D eigenvalue weighted by Gasteiger charge is 2.40. The van der Waals surface area contributed by atoms with Gasteiger partial charge < -0.3 is 9.84 Å². The molecule has 0 aliphatic carbocycles. The Balaban J connectivity index is 2.04. The molecule has 2 amide bonds. The molecule has 3 rings (SSSR count). The van der Waals surface area contributed by atoms with Crippen LogP contribution in [0.15, 0.2) is 47.4 Å². The van der Waals surface area contributed by atoms with Gasteiger partial charge in [0.05, 0.1) is 29.4 Å². The SMILES string of the molecule is CCCOc1cccc(N2C(=O)C(SCCO)=C(c3ccc(C)cc3C)C2=O)c1. The van der Waals surface area contributed by atoms with E-state index < -0.39 is 0 Å². The maximum absolute atomic E-state index is 13.4. The van der Waals surface area contributed by atoms with Gasteiger partial charge in [-0.1, -0.05) is 36.8 Å². The van der Waals surface area contributed by atoms with Crippen LogP contribution in [0.2, 0.25) is 0 Å². The average Bonchev–Trinajstić information content (AvgIpc) is 2.94. The molecule has 1 aliphatic heterocycles. The van der Waals surface area contributed by atoms with Gasteiger partial charge >= 0.3 is 0 Å². The second-order valence-corrected chi connectivity index (χ2v) is 7.99. The lowest BCUT2D eigenvalue weighted by Crippen LogP contribution is -2.31. The summed E-state index contributed by atoms with van der Waals surface area (Å²) in [7, 11) is 0. The quantitative estimate of drug-likeness (QED) is 0.663. The summed E-state index contributed by atoms with van der Waals surface area (Å²) in [5.74, 6) is 0.247. The molecule has 1 heterocycles. The lowest BCUT2D eigenvalue weighted by molar-refractivity contribution is -0.119. The molecule has 0 saturated carbocycles. The van der Waals surface area contributed by atoms with E-state index in [4.69, 9.17) is 4.74 Å². The van der Waals surface area contributed by atoms with Crippen molar-refractivity contribution in [1.29, 1.82) is 0 Å². The fourth-order valence-electron chi connectivity index (χ4n) is 3.29. The molecule has 6 heteroatoms. The minimum atomic E-state index is -0.365. The van der Waals surface area contributed by atoms with Crippen molar-refractivity contribution < 1.29 is 19.4 Å². The zero-order valence-electron chi connectivity index (χ0n) is 16.9. The second kappa shape index (κ2) is 9.29. The lowest BCUT2D eigenvalue weighted by Gasteiger charge is -2.17. The number of imide groups is 1. The van der Waals surface area contributed by atoms with Crippen molar-refractivity contribution in [3.8, 4) is 5.75 Å². The van der Waals surface area contributed by atoms with Gasteiger partial charge in [-0.15, -0.1) is 11.8 Å². The fourth-order valence-corrected chi connectivity index (χ4v) is 4.14. The van der Waals surface area contributed by atoms with E-state index >= 15 is 0 Å². The van der Waals surface area contributed by atoms with Crippen LogP contribution in [0.5, 0.6) is 5.75 Å². The molecular formula is C23H25NO4S. The second-order valence-electron chi connectivity index (χ2n) is 6.89. The third kappa shape index (κ3) is 4.38. The number of hydrogen-bond donors (Lipinski definition) is 1. The lowest BCUT2D eigenvalue weighted by atomic mass is 9.99. The number of anilines is 1. The molecule has 1 N–H and O–H groups in total. The zero-order valence-corrected chi connectivity index (χ0v) is 17.7. The maximum Gasteiger partial charge on any atom is 0.272 e. The van der Waals surface area contributed by atoms with Crippen molar-refractivity contribution >= 4 is 34.8 Å². The highest BCUT2D eigenvalue weighted by Crippen LogP contribution is 2.40. The first-order chi connectivity index (χ1) is 14.0. The Morgan fingerprint density at radius 1 is 1.07 bits per heavy atom. The number of carbonyl (C=O) groups is 2. The Morgan fingerprint density at radius 3 is 2.55 bits per heavy atom. The van der Waals surface area contributed by atoms with Gasteiger partial charge in [0.15, 0.2) is 0 Å². The number of aliphatic hydroxyl groups excluding tert-OH is 1. The molecule has 0 fully saturated rings. The fraction of sp³-hybridized carbons (Fsp3) is 0.304. The smallest absolute Gasteiger partial charge is 0.272 e. The Bertz CT molecular complexity index is 967. The van der Waals surface area contributed by atoms with Gasteiger partial charge in [-0.25, -0.2) is 4.90 Å². The first kappa shape index (κ1) is 21.1. The van der Waals surface area contributed by atoms with Crippen LogP contribution < -0.4 is 9.64 Å². The van der Waals surface area contributed by atoms with Gasteiger partial charge in [0.2, 0.25) is 0 Å². The molecule has 0 radical (unpaired) electrons. The van der Waals surface area contributed by atoms with Gasteiger partial charge in [-0.3, -0.25) is 9.59 Å². The van der Waals surface area contributed by atoms with Gasteiger partial charge in [0.25, 0.3) is 11.8 Å². The third-order valence-corrected chi connectivity index (χ3v) is 5.63. The monoisotopic (exact) mass is 411 g/mol. The summed E-state index contributed by atoms with van der Waals surface area (Å²) in [4.78, 5) is 28.2. The van der Waals surface area contributed by atoms with Crippen molar-refractivity contribution in [2.24, 2.45) is 0 Å². The number of aryl methyl sites for hydroxylation is 2. The van der Waals surface area contributed by atoms with Crippen molar-refractivity contribution in [3.05, 3.63) is 64.1 Å². The predicted molar refractivity (Wildman–Crippen MR) is 117 cm³/mol. The number of nitrogens with zero attached hydrogens (tertiary/aromatic N) is 1. The van der Waals surface area contributed by atoms with Crippen molar-refractivity contribution in [1.82, 2.24) is 0 Å². The first-order valence-electron chi connectivity index (χ1n) is 9.65. The van der Waals surface area contributed by atoms with Crippen molar-refractivity contribution in [2.75, 3.05) is 23.9 Å². The molecular weight excluding hydrogens is 386 g/mol. The largest absolute Gasteiger partial charge is 0.494 e. The first-order valence-corrected chi connectivity index (χ1v) is 10.6. The number of carbonyl (C=O) groups excluding carboxylic acids is 2. The summed E-state index contributed by atoms with van der Waals surface area (Å²) in [6, 6.07) is 12.8. The van der Waals surface area contributed by atoms with Gasteiger partial charge in [-0.2, -0.15) is 0 Å². The summed E-state index contributed by atoms with van der Waals surface area (Å²) in [6.45, 7) is 6.43.